The zero-order valence-corrected chi connectivity index (χ0v) is 11.8. The molecule has 0 radical (unpaired) electrons. The van der Waals surface area contributed by atoms with Crippen LogP contribution >= 0.6 is 15.9 Å². The summed E-state index contributed by atoms with van der Waals surface area (Å²) in [5, 5.41) is 7.59. The summed E-state index contributed by atoms with van der Waals surface area (Å²) in [6.45, 7) is 3.02. The summed E-state index contributed by atoms with van der Waals surface area (Å²) in [5.74, 6) is 0.440. The zero-order valence-electron chi connectivity index (χ0n) is 10.2. The Morgan fingerprint density at radius 3 is 2.68 bits per heavy atom. The molecule has 106 valence electrons. The Hall–Kier alpha value is -0.890. The van der Waals surface area contributed by atoms with Gasteiger partial charge in [-0.3, -0.25) is 0 Å². The van der Waals surface area contributed by atoms with E-state index >= 15 is 0 Å². The molecule has 2 rings (SSSR count). The minimum atomic E-state index is -4.46. The molecule has 0 N–H and O–H groups in total. The second-order valence-electron chi connectivity index (χ2n) is 4.39. The highest BCUT2D eigenvalue weighted by molar-refractivity contribution is 9.09. The topological polar surface area (TPSA) is 38.2 Å². The highest BCUT2D eigenvalue weighted by Gasteiger charge is 2.33. The average Bonchev–Trinajstić information content (AvgIpc) is 2.38. The molecular weight excluding hydrogens is 327 g/mol. The fourth-order valence-electron chi connectivity index (χ4n) is 1.86. The molecule has 2 unspecified atom stereocenters. The van der Waals surface area contributed by atoms with Gasteiger partial charge in [-0.1, -0.05) is 15.9 Å². The third-order valence-electron chi connectivity index (χ3n) is 2.91. The van der Waals surface area contributed by atoms with E-state index in [1.165, 1.54) is 6.07 Å². The Bertz CT molecular complexity index is 426. The first-order valence-corrected chi connectivity index (χ1v) is 6.89. The molecule has 0 aliphatic carbocycles. The van der Waals surface area contributed by atoms with Crippen LogP contribution in [0.25, 0.3) is 0 Å². The van der Waals surface area contributed by atoms with Crippen LogP contribution in [-0.2, 0) is 10.9 Å². The second-order valence-corrected chi connectivity index (χ2v) is 5.03. The lowest BCUT2D eigenvalue weighted by Crippen LogP contribution is -2.49. The quantitative estimate of drug-likeness (QED) is 0.776. The van der Waals surface area contributed by atoms with Gasteiger partial charge in [0.25, 0.3) is 0 Å². The van der Waals surface area contributed by atoms with E-state index in [4.69, 9.17) is 4.74 Å². The molecule has 0 saturated carbocycles. The SMILES string of the molecule is CC1COC(CBr)CN1c1ccc(C(F)(F)F)nn1. The van der Waals surface area contributed by atoms with Crippen molar-refractivity contribution >= 4 is 21.7 Å². The van der Waals surface area contributed by atoms with Crippen LogP contribution in [0, 0.1) is 0 Å². The molecule has 1 aliphatic heterocycles. The Morgan fingerprint density at radius 1 is 1.42 bits per heavy atom. The molecular formula is C11H13BrF3N3O. The van der Waals surface area contributed by atoms with Crippen LogP contribution < -0.4 is 4.90 Å². The first-order valence-electron chi connectivity index (χ1n) is 5.77. The molecule has 1 fully saturated rings. The Labute approximate surface area is 117 Å². The lowest BCUT2D eigenvalue weighted by Gasteiger charge is -2.38. The van der Waals surface area contributed by atoms with Crippen molar-refractivity contribution in [2.24, 2.45) is 0 Å². The van der Waals surface area contributed by atoms with Crippen LogP contribution in [0.3, 0.4) is 0 Å². The maximum Gasteiger partial charge on any atom is 0.435 e. The first kappa shape index (κ1) is 14.5. The number of nitrogens with zero attached hydrogens (tertiary/aromatic N) is 3. The minimum Gasteiger partial charge on any atom is -0.373 e. The summed E-state index contributed by atoms with van der Waals surface area (Å²) < 4.78 is 42.8. The first-order chi connectivity index (χ1) is 8.91. The Balaban J connectivity index is 2.16. The number of ether oxygens (including phenoxy) is 1. The van der Waals surface area contributed by atoms with Crippen LogP contribution in [0.15, 0.2) is 12.1 Å². The van der Waals surface area contributed by atoms with Gasteiger partial charge >= 0.3 is 6.18 Å². The van der Waals surface area contributed by atoms with Gasteiger partial charge in [0, 0.05) is 11.9 Å². The number of hydrogen-bond donors (Lipinski definition) is 0. The van der Waals surface area contributed by atoms with Crippen LogP contribution in [0.4, 0.5) is 19.0 Å². The van der Waals surface area contributed by atoms with E-state index in [9.17, 15) is 13.2 Å². The van der Waals surface area contributed by atoms with E-state index in [0.717, 1.165) is 6.07 Å². The molecule has 1 aromatic rings. The molecule has 19 heavy (non-hydrogen) atoms. The smallest absolute Gasteiger partial charge is 0.373 e. The van der Waals surface area contributed by atoms with E-state index in [1.807, 2.05) is 11.8 Å². The Kier molecular flexibility index (Phi) is 4.29. The van der Waals surface area contributed by atoms with Gasteiger partial charge in [0.1, 0.15) is 0 Å². The number of rotatable bonds is 2. The van der Waals surface area contributed by atoms with Crippen molar-refractivity contribution in [1.82, 2.24) is 10.2 Å². The highest BCUT2D eigenvalue weighted by Crippen LogP contribution is 2.28. The summed E-state index contributed by atoms with van der Waals surface area (Å²) in [6, 6.07) is 2.36. The lowest BCUT2D eigenvalue weighted by atomic mass is 10.2. The number of morpholine rings is 1. The normalized spacial score (nSPS) is 24.6. The summed E-state index contributed by atoms with van der Waals surface area (Å²) in [6.07, 6.45) is -4.46. The average molecular weight is 340 g/mol. The fraction of sp³-hybridized carbons (Fsp3) is 0.636. The molecule has 0 bridgehead atoms. The predicted octanol–water partition coefficient (Wildman–Crippen LogP) is 2.48. The van der Waals surface area contributed by atoms with Gasteiger partial charge in [0.2, 0.25) is 0 Å². The van der Waals surface area contributed by atoms with Gasteiger partial charge in [0.15, 0.2) is 11.5 Å². The molecule has 0 spiro atoms. The van der Waals surface area contributed by atoms with E-state index < -0.39 is 11.9 Å². The van der Waals surface area contributed by atoms with E-state index in [1.54, 1.807) is 0 Å². The van der Waals surface area contributed by atoms with Crippen molar-refractivity contribution in [2.75, 3.05) is 23.4 Å². The largest absolute Gasteiger partial charge is 0.435 e. The number of aromatic nitrogens is 2. The molecule has 0 amide bonds. The summed E-state index contributed by atoms with van der Waals surface area (Å²) in [4.78, 5) is 1.91. The van der Waals surface area contributed by atoms with Crippen LogP contribution in [0.5, 0.6) is 0 Å². The summed E-state index contributed by atoms with van der Waals surface area (Å²) in [5.41, 5.74) is -0.978. The van der Waals surface area contributed by atoms with Gasteiger partial charge < -0.3 is 9.64 Å². The van der Waals surface area contributed by atoms with Crippen molar-refractivity contribution in [3.63, 3.8) is 0 Å². The molecule has 2 atom stereocenters. The number of halogens is 4. The second kappa shape index (κ2) is 5.62. The van der Waals surface area contributed by atoms with Gasteiger partial charge in [-0.25, -0.2) is 0 Å². The standard InChI is InChI=1S/C11H13BrF3N3O/c1-7-6-19-8(4-12)5-18(7)10-3-2-9(16-17-10)11(13,14)15/h2-3,7-8H,4-6H2,1H3. The Morgan fingerprint density at radius 2 is 2.16 bits per heavy atom. The molecule has 1 aliphatic rings. The number of anilines is 1. The maximum atomic E-state index is 12.4. The predicted molar refractivity (Wildman–Crippen MR) is 67.4 cm³/mol. The van der Waals surface area contributed by atoms with Gasteiger partial charge in [0.05, 0.1) is 18.8 Å². The molecule has 0 aromatic carbocycles. The van der Waals surface area contributed by atoms with Gasteiger partial charge in [-0.15, -0.1) is 10.2 Å². The monoisotopic (exact) mass is 339 g/mol. The number of alkyl halides is 4. The van der Waals surface area contributed by atoms with E-state index in [2.05, 4.69) is 26.1 Å². The van der Waals surface area contributed by atoms with Crippen LogP contribution in [0.2, 0.25) is 0 Å². The van der Waals surface area contributed by atoms with Crippen LogP contribution in [0.1, 0.15) is 12.6 Å². The van der Waals surface area contributed by atoms with Crippen LogP contribution in [-0.4, -0.2) is 40.8 Å². The number of hydrogen-bond acceptors (Lipinski definition) is 4. The molecule has 1 aromatic heterocycles. The van der Waals surface area contributed by atoms with Crippen molar-refractivity contribution in [2.45, 2.75) is 25.2 Å². The fourth-order valence-corrected chi connectivity index (χ4v) is 2.25. The van der Waals surface area contributed by atoms with E-state index in [0.29, 0.717) is 24.3 Å². The molecule has 4 nitrogen and oxygen atoms in total. The molecule has 8 heteroatoms. The van der Waals surface area contributed by atoms with Gasteiger partial charge in [-0.05, 0) is 19.1 Å². The minimum absolute atomic E-state index is 0.000271. The lowest BCUT2D eigenvalue weighted by molar-refractivity contribution is -0.141. The van der Waals surface area contributed by atoms with Crippen molar-refractivity contribution in [3.05, 3.63) is 17.8 Å². The summed E-state index contributed by atoms with van der Waals surface area (Å²) >= 11 is 3.33. The summed E-state index contributed by atoms with van der Waals surface area (Å²) in [7, 11) is 0. The third kappa shape index (κ3) is 3.36. The maximum absolute atomic E-state index is 12.4. The van der Waals surface area contributed by atoms with Gasteiger partial charge in [-0.2, -0.15) is 13.2 Å². The molecule has 1 saturated heterocycles. The van der Waals surface area contributed by atoms with Crippen molar-refractivity contribution < 1.29 is 17.9 Å². The highest BCUT2D eigenvalue weighted by atomic mass is 79.9. The molecule has 2 heterocycles. The third-order valence-corrected chi connectivity index (χ3v) is 3.63. The van der Waals surface area contributed by atoms with Crippen molar-refractivity contribution in [1.29, 1.82) is 0 Å². The van der Waals surface area contributed by atoms with Crippen molar-refractivity contribution in [3.8, 4) is 0 Å². The zero-order chi connectivity index (χ0) is 14.0. The van der Waals surface area contributed by atoms with E-state index in [-0.39, 0.29) is 12.1 Å².